The molecule has 13 heavy (non-hydrogen) atoms. The molecule has 1 saturated carbocycles. The molecule has 1 atom stereocenters. The largest absolute Gasteiger partial charge is 0.261 e. The fourth-order valence-electron chi connectivity index (χ4n) is 1.53. The van der Waals surface area contributed by atoms with E-state index < -0.39 is 0 Å². The van der Waals surface area contributed by atoms with Gasteiger partial charge in [-0.1, -0.05) is 0 Å². The molecule has 1 aromatic rings. The van der Waals surface area contributed by atoms with E-state index in [9.17, 15) is 0 Å². The quantitative estimate of drug-likeness (QED) is 0.676. The van der Waals surface area contributed by atoms with Crippen molar-refractivity contribution >= 4 is 11.6 Å². The van der Waals surface area contributed by atoms with E-state index in [0.717, 1.165) is 18.0 Å². The molecule has 0 amide bonds. The summed E-state index contributed by atoms with van der Waals surface area (Å²) in [6.45, 7) is 2.09. The van der Waals surface area contributed by atoms with E-state index in [0.29, 0.717) is 5.38 Å². The minimum Gasteiger partial charge on any atom is -0.261 e. The minimum absolute atomic E-state index is 0.300. The Balaban J connectivity index is 2.00. The van der Waals surface area contributed by atoms with Crippen LogP contribution < -0.4 is 0 Å². The number of alkyl halides is 1. The predicted octanol–water partition coefficient (Wildman–Crippen LogP) is 2.95. The molecular formula is C11H14ClN. The molecule has 0 aliphatic heterocycles. The zero-order valence-corrected chi connectivity index (χ0v) is 8.59. The van der Waals surface area contributed by atoms with Crippen molar-refractivity contribution in [1.29, 1.82) is 0 Å². The van der Waals surface area contributed by atoms with Crippen molar-refractivity contribution in [3.63, 3.8) is 0 Å². The van der Waals surface area contributed by atoms with Crippen molar-refractivity contribution in [2.24, 2.45) is 5.92 Å². The Kier molecular flexibility index (Phi) is 2.54. The van der Waals surface area contributed by atoms with Gasteiger partial charge in [0.25, 0.3) is 0 Å². The van der Waals surface area contributed by atoms with Crippen LogP contribution in [0, 0.1) is 12.8 Å². The van der Waals surface area contributed by atoms with Gasteiger partial charge in [-0.3, -0.25) is 4.98 Å². The average molecular weight is 196 g/mol. The molecule has 1 nitrogen and oxygen atoms in total. The van der Waals surface area contributed by atoms with Crippen LogP contribution in [0.5, 0.6) is 0 Å². The monoisotopic (exact) mass is 195 g/mol. The van der Waals surface area contributed by atoms with Crippen molar-refractivity contribution < 1.29 is 0 Å². The Morgan fingerprint density at radius 1 is 1.62 bits per heavy atom. The number of halogens is 1. The van der Waals surface area contributed by atoms with E-state index >= 15 is 0 Å². The first kappa shape index (κ1) is 9.01. The van der Waals surface area contributed by atoms with Crippen LogP contribution in [0.15, 0.2) is 18.3 Å². The molecule has 0 saturated heterocycles. The van der Waals surface area contributed by atoms with E-state index in [-0.39, 0.29) is 0 Å². The molecule has 0 N–H and O–H groups in total. The summed E-state index contributed by atoms with van der Waals surface area (Å²) in [4.78, 5) is 4.31. The van der Waals surface area contributed by atoms with Crippen LogP contribution in [0.3, 0.4) is 0 Å². The molecule has 1 aromatic heterocycles. The van der Waals surface area contributed by atoms with Crippen molar-refractivity contribution in [1.82, 2.24) is 4.98 Å². The normalized spacial score (nSPS) is 18.6. The maximum Gasteiger partial charge on any atom is 0.0421 e. The van der Waals surface area contributed by atoms with Gasteiger partial charge in [0.05, 0.1) is 0 Å². The Hall–Kier alpha value is -0.560. The number of hydrogen-bond donors (Lipinski definition) is 0. The second-order valence-electron chi connectivity index (χ2n) is 3.88. The zero-order valence-electron chi connectivity index (χ0n) is 7.83. The van der Waals surface area contributed by atoms with Crippen LogP contribution in [0.25, 0.3) is 0 Å². The predicted molar refractivity (Wildman–Crippen MR) is 55.0 cm³/mol. The number of nitrogens with zero attached hydrogens (tertiary/aromatic N) is 1. The highest BCUT2D eigenvalue weighted by Gasteiger charge is 2.29. The van der Waals surface area contributed by atoms with Gasteiger partial charge >= 0.3 is 0 Å². The number of aryl methyl sites for hydroxylation is 1. The van der Waals surface area contributed by atoms with Gasteiger partial charge in [0.2, 0.25) is 0 Å². The van der Waals surface area contributed by atoms with Crippen LogP contribution >= 0.6 is 11.6 Å². The third kappa shape index (κ3) is 2.44. The van der Waals surface area contributed by atoms with Crippen LogP contribution in [0.1, 0.15) is 24.1 Å². The fourth-order valence-corrected chi connectivity index (χ4v) is 1.94. The standard InChI is InChI=1S/C11H14ClN/c1-8-4-5-13-10(6-8)7-11(12)9-2-3-9/h4-6,9,11H,2-3,7H2,1H3. The molecule has 0 radical (unpaired) electrons. The molecule has 0 spiro atoms. The summed E-state index contributed by atoms with van der Waals surface area (Å²) in [5, 5.41) is 0.300. The number of aromatic nitrogens is 1. The smallest absolute Gasteiger partial charge is 0.0421 e. The van der Waals surface area contributed by atoms with Crippen molar-refractivity contribution in [2.75, 3.05) is 0 Å². The second-order valence-corrected chi connectivity index (χ2v) is 4.44. The summed E-state index contributed by atoms with van der Waals surface area (Å²) in [6.07, 6.45) is 5.40. The fraction of sp³-hybridized carbons (Fsp3) is 0.545. The number of rotatable bonds is 3. The van der Waals surface area contributed by atoms with Crippen LogP contribution in [0.2, 0.25) is 0 Å². The van der Waals surface area contributed by atoms with Crippen LogP contribution in [0.4, 0.5) is 0 Å². The molecule has 1 unspecified atom stereocenters. The lowest BCUT2D eigenvalue weighted by atomic mass is 10.1. The number of pyridine rings is 1. The maximum atomic E-state index is 6.23. The molecule has 0 bridgehead atoms. The van der Waals surface area contributed by atoms with Gasteiger partial charge in [0.1, 0.15) is 0 Å². The summed E-state index contributed by atoms with van der Waals surface area (Å²) < 4.78 is 0. The van der Waals surface area contributed by atoms with Crippen LogP contribution in [-0.4, -0.2) is 10.4 Å². The second kappa shape index (κ2) is 3.67. The van der Waals surface area contributed by atoms with E-state index in [4.69, 9.17) is 11.6 Å². The Bertz CT molecular complexity index is 294. The first-order valence-electron chi connectivity index (χ1n) is 4.81. The summed E-state index contributed by atoms with van der Waals surface area (Å²) in [5.74, 6) is 0.754. The lowest BCUT2D eigenvalue weighted by Gasteiger charge is -2.06. The van der Waals surface area contributed by atoms with Gasteiger partial charge in [0, 0.05) is 23.7 Å². The lowest BCUT2D eigenvalue weighted by Crippen LogP contribution is -2.06. The molecule has 1 aliphatic rings. The molecule has 1 aliphatic carbocycles. The topological polar surface area (TPSA) is 12.9 Å². The van der Waals surface area contributed by atoms with Crippen molar-refractivity contribution in [3.8, 4) is 0 Å². The summed E-state index contributed by atoms with van der Waals surface area (Å²) in [6, 6.07) is 4.14. The van der Waals surface area contributed by atoms with Gasteiger partial charge in [0.15, 0.2) is 0 Å². The lowest BCUT2D eigenvalue weighted by molar-refractivity contribution is 0.724. The highest BCUT2D eigenvalue weighted by atomic mass is 35.5. The van der Waals surface area contributed by atoms with Gasteiger partial charge in [-0.15, -0.1) is 11.6 Å². The van der Waals surface area contributed by atoms with Crippen molar-refractivity contribution in [2.45, 2.75) is 31.6 Å². The average Bonchev–Trinajstić information content (AvgIpc) is 2.85. The maximum absolute atomic E-state index is 6.23. The molecule has 0 aromatic carbocycles. The summed E-state index contributed by atoms with van der Waals surface area (Å²) in [7, 11) is 0. The van der Waals surface area contributed by atoms with Gasteiger partial charge in [-0.25, -0.2) is 0 Å². The van der Waals surface area contributed by atoms with E-state index in [1.54, 1.807) is 0 Å². The minimum atomic E-state index is 0.300. The van der Waals surface area contributed by atoms with Crippen molar-refractivity contribution in [3.05, 3.63) is 29.6 Å². The molecule has 1 fully saturated rings. The molecule has 2 rings (SSSR count). The molecule has 1 heterocycles. The van der Waals surface area contributed by atoms with Crippen LogP contribution in [-0.2, 0) is 6.42 Å². The van der Waals surface area contributed by atoms with E-state index in [1.165, 1.54) is 18.4 Å². The Morgan fingerprint density at radius 3 is 3.00 bits per heavy atom. The molecule has 2 heteroatoms. The zero-order chi connectivity index (χ0) is 9.26. The highest BCUT2D eigenvalue weighted by molar-refractivity contribution is 6.21. The highest BCUT2D eigenvalue weighted by Crippen LogP contribution is 2.36. The SMILES string of the molecule is Cc1ccnc(CC(Cl)C2CC2)c1. The first-order chi connectivity index (χ1) is 6.25. The first-order valence-corrected chi connectivity index (χ1v) is 5.25. The van der Waals surface area contributed by atoms with Gasteiger partial charge in [-0.05, 0) is 43.4 Å². The van der Waals surface area contributed by atoms with Gasteiger partial charge in [-0.2, -0.15) is 0 Å². The molecular weight excluding hydrogens is 182 g/mol. The molecule has 70 valence electrons. The third-order valence-electron chi connectivity index (χ3n) is 2.51. The Morgan fingerprint density at radius 2 is 2.38 bits per heavy atom. The summed E-state index contributed by atoms with van der Waals surface area (Å²) in [5.41, 5.74) is 2.40. The Labute approximate surface area is 84.1 Å². The third-order valence-corrected chi connectivity index (χ3v) is 3.02. The number of hydrogen-bond acceptors (Lipinski definition) is 1. The summed E-state index contributed by atoms with van der Waals surface area (Å²) >= 11 is 6.23. The van der Waals surface area contributed by atoms with E-state index in [2.05, 4.69) is 18.0 Å². The van der Waals surface area contributed by atoms with E-state index in [1.807, 2.05) is 12.3 Å². The van der Waals surface area contributed by atoms with Gasteiger partial charge < -0.3 is 0 Å².